The number of amides is 1. The fourth-order valence-electron chi connectivity index (χ4n) is 3.23. The van der Waals surface area contributed by atoms with E-state index in [1.807, 2.05) is 54.8 Å². The van der Waals surface area contributed by atoms with Crippen LogP contribution in [0.3, 0.4) is 0 Å². The third-order valence-electron chi connectivity index (χ3n) is 4.81. The number of benzene rings is 1. The smallest absolute Gasteiger partial charge is 0.349 e. The van der Waals surface area contributed by atoms with E-state index in [0.29, 0.717) is 11.3 Å². The van der Waals surface area contributed by atoms with Crippen molar-refractivity contribution in [2.75, 3.05) is 19.0 Å². The Morgan fingerprint density at radius 2 is 1.97 bits per heavy atom. The molecule has 0 radical (unpaired) electrons. The largest absolute Gasteiger partial charge is 0.497 e. The number of nitrogens with zero attached hydrogens (tertiary/aromatic N) is 3. The molecule has 2 aromatic heterocycles. The Morgan fingerprint density at radius 3 is 2.61 bits per heavy atom. The average Bonchev–Trinajstić information content (AvgIpc) is 3.10. The predicted molar refractivity (Wildman–Crippen MR) is 124 cm³/mol. The highest BCUT2D eigenvalue weighted by Gasteiger charge is 2.16. The Hall–Kier alpha value is -4.09. The van der Waals surface area contributed by atoms with Crippen LogP contribution in [0.1, 0.15) is 17.0 Å². The third-order valence-corrected chi connectivity index (χ3v) is 5.11. The van der Waals surface area contributed by atoms with Gasteiger partial charge in [0.15, 0.2) is 11.8 Å². The summed E-state index contributed by atoms with van der Waals surface area (Å²) in [5.41, 5.74) is 3.42. The van der Waals surface area contributed by atoms with E-state index in [4.69, 9.17) is 21.1 Å². The first-order valence-electron chi connectivity index (χ1n) is 9.86. The highest BCUT2D eigenvalue weighted by Crippen LogP contribution is 2.24. The van der Waals surface area contributed by atoms with Gasteiger partial charge in [-0.2, -0.15) is 5.26 Å². The molecule has 2 heterocycles. The number of esters is 1. The number of aromatic nitrogens is 2. The molecule has 0 saturated carbocycles. The molecule has 1 amide bonds. The van der Waals surface area contributed by atoms with E-state index < -0.39 is 18.5 Å². The van der Waals surface area contributed by atoms with Gasteiger partial charge in [-0.15, -0.1) is 0 Å². The lowest BCUT2D eigenvalue weighted by atomic mass is 10.1. The van der Waals surface area contributed by atoms with E-state index in [1.54, 1.807) is 19.2 Å². The fourth-order valence-corrected chi connectivity index (χ4v) is 3.40. The molecule has 168 valence electrons. The SMILES string of the molecule is COc1ccc(-n2c(C)cc(/C=C(\C#N)C(=O)OCC(=O)Nc3cccnc3Cl)c2C)cc1. The first-order chi connectivity index (χ1) is 15.8. The highest BCUT2D eigenvalue weighted by atomic mass is 35.5. The number of anilines is 1. The van der Waals surface area contributed by atoms with Crippen LogP contribution in [-0.2, 0) is 14.3 Å². The van der Waals surface area contributed by atoms with Crippen LogP contribution in [0.2, 0.25) is 5.15 Å². The van der Waals surface area contributed by atoms with Crippen LogP contribution >= 0.6 is 11.6 Å². The molecule has 0 fully saturated rings. The Balaban J connectivity index is 1.73. The molecular weight excluding hydrogens is 444 g/mol. The lowest BCUT2D eigenvalue weighted by molar-refractivity contribution is -0.142. The molecule has 9 heteroatoms. The molecular formula is C24H21ClN4O4. The van der Waals surface area contributed by atoms with Gasteiger partial charge in [0, 0.05) is 23.3 Å². The normalized spacial score (nSPS) is 10.9. The molecule has 1 aromatic carbocycles. The van der Waals surface area contributed by atoms with Crippen molar-refractivity contribution in [2.24, 2.45) is 0 Å². The number of ether oxygens (including phenoxy) is 2. The zero-order valence-electron chi connectivity index (χ0n) is 18.3. The van der Waals surface area contributed by atoms with E-state index in [0.717, 1.165) is 22.8 Å². The summed E-state index contributed by atoms with van der Waals surface area (Å²) in [6, 6.07) is 14.4. The topological polar surface area (TPSA) is 106 Å². The number of halogens is 1. The summed E-state index contributed by atoms with van der Waals surface area (Å²) in [4.78, 5) is 28.3. The van der Waals surface area contributed by atoms with Crippen molar-refractivity contribution in [2.45, 2.75) is 13.8 Å². The lowest BCUT2D eigenvalue weighted by Gasteiger charge is -2.10. The molecule has 33 heavy (non-hydrogen) atoms. The van der Waals surface area contributed by atoms with Crippen LogP contribution in [-0.4, -0.2) is 35.1 Å². The zero-order chi connectivity index (χ0) is 24.0. The van der Waals surface area contributed by atoms with Gasteiger partial charge in [0.1, 0.15) is 17.4 Å². The van der Waals surface area contributed by atoms with Crippen molar-refractivity contribution in [3.8, 4) is 17.5 Å². The van der Waals surface area contributed by atoms with E-state index in [9.17, 15) is 14.9 Å². The summed E-state index contributed by atoms with van der Waals surface area (Å²) in [7, 11) is 1.60. The molecule has 3 aromatic rings. The molecule has 0 atom stereocenters. The highest BCUT2D eigenvalue weighted by molar-refractivity contribution is 6.32. The second kappa shape index (κ2) is 10.5. The first-order valence-corrected chi connectivity index (χ1v) is 10.2. The maximum absolute atomic E-state index is 12.4. The summed E-state index contributed by atoms with van der Waals surface area (Å²) < 4.78 is 12.2. The van der Waals surface area contributed by atoms with Gasteiger partial charge in [-0.05, 0) is 68.0 Å². The minimum atomic E-state index is -0.904. The molecule has 0 bridgehead atoms. The quantitative estimate of drug-likeness (QED) is 0.242. The van der Waals surface area contributed by atoms with E-state index in [-0.39, 0.29) is 10.7 Å². The van der Waals surface area contributed by atoms with Crippen molar-refractivity contribution in [1.29, 1.82) is 5.26 Å². The van der Waals surface area contributed by atoms with Crippen LogP contribution in [0.5, 0.6) is 5.75 Å². The molecule has 0 aliphatic heterocycles. The second-order valence-corrected chi connectivity index (χ2v) is 7.35. The monoisotopic (exact) mass is 464 g/mol. The molecule has 0 saturated heterocycles. The van der Waals surface area contributed by atoms with E-state index >= 15 is 0 Å². The van der Waals surface area contributed by atoms with Crippen LogP contribution in [0, 0.1) is 25.2 Å². The number of pyridine rings is 1. The van der Waals surface area contributed by atoms with Gasteiger partial charge in [-0.25, -0.2) is 9.78 Å². The minimum absolute atomic E-state index is 0.113. The summed E-state index contributed by atoms with van der Waals surface area (Å²) in [6.07, 6.45) is 2.92. The molecule has 1 N–H and O–H groups in total. The summed E-state index contributed by atoms with van der Waals surface area (Å²) in [5.74, 6) is -0.766. The number of aryl methyl sites for hydroxylation is 1. The van der Waals surface area contributed by atoms with Crippen molar-refractivity contribution in [1.82, 2.24) is 9.55 Å². The number of hydrogen-bond acceptors (Lipinski definition) is 6. The number of hydrogen-bond donors (Lipinski definition) is 1. The van der Waals surface area contributed by atoms with Crippen LogP contribution in [0.25, 0.3) is 11.8 Å². The number of rotatable bonds is 7. The van der Waals surface area contributed by atoms with Gasteiger partial charge in [0.2, 0.25) is 0 Å². The summed E-state index contributed by atoms with van der Waals surface area (Å²) in [6.45, 7) is 3.23. The van der Waals surface area contributed by atoms with Crippen molar-refractivity contribution in [3.05, 3.63) is 76.3 Å². The summed E-state index contributed by atoms with van der Waals surface area (Å²) >= 11 is 5.89. The number of carbonyl (C=O) groups excluding carboxylic acids is 2. The van der Waals surface area contributed by atoms with Crippen molar-refractivity contribution < 1.29 is 19.1 Å². The van der Waals surface area contributed by atoms with Gasteiger partial charge in [-0.3, -0.25) is 4.79 Å². The molecule has 8 nitrogen and oxygen atoms in total. The Morgan fingerprint density at radius 1 is 1.24 bits per heavy atom. The van der Waals surface area contributed by atoms with E-state index in [1.165, 1.54) is 12.3 Å². The van der Waals surface area contributed by atoms with Crippen LogP contribution < -0.4 is 10.1 Å². The maximum atomic E-state index is 12.4. The van der Waals surface area contributed by atoms with Gasteiger partial charge >= 0.3 is 5.97 Å². The van der Waals surface area contributed by atoms with E-state index in [2.05, 4.69) is 10.3 Å². The average molecular weight is 465 g/mol. The van der Waals surface area contributed by atoms with Gasteiger partial charge in [0.25, 0.3) is 5.91 Å². The van der Waals surface area contributed by atoms with Crippen molar-refractivity contribution in [3.63, 3.8) is 0 Å². The summed E-state index contributed by atoms with van der Waals surface area (Å²) in [5, 5.41) is 12.1. The Bertz CT molecular complexity index is 1260. The van der Waals surface area contributed by atoms with Crippen LogP contribution in [0.4, 0.5) is 5.69 Å². The van der Waals surface area contributed by atoms with Gasteiger partial charge < -0.3 is 19.4 Å². The van der Waals surface area contributed by atoms with Gasteiger partial charge in [0.05, 0.1) is 12.8 Å². The Kier molecular flexibility index (Phi) is 7.49. The van der Waals surface area contributed by atoms with Crippen molar-refractivity contribution >= 4 is 35.2 Å². The first kappa shape index (κ1) is 23.6. The predicted octanol–water partition coefficient (Wildman–Crippen LogP) is 4.24. The number of carbonyl (C=O) groups is 2. The Labute approximate surface area is 196 Å². The molecule has 3 rings (SSSR count). The number of nitriles is 1. The number of nitrogens with one attached hydrogen (secondary N) is 1. The second-order valence-electron chi connectivity index (χ2n) is 7.00. The number of methoxy groups -OCH3 is 1. The molecule has 0 aliphatic rings. The lowest BCUT2D eigenvalue weighted by Crippen LogP contribution is -2.21. The maximum Gasteiger partial charge on any atom is 0.349 e. The van der Waals surface area contributed by atoms with Gasteiger partial charge in [-0.1, -0.05) is 11.6 Å². The fraction of sp³-hybridized carbons (Fsp3) is 0.167. The molecule has 0 unspecified atom stereocenters. The third kappa shape index (κ3) is 5.59. The molecule has 0 spiro atoms. The van der Waals surface area contributed by atoms with Crippen LogP contribution in [0.15, 0.2) is 54.2 Å². The molecule has 0 aliphatic carbocycles. The zero-order valence-corrected chi connectivity index (χ0v) is 19.0. The minimum Gasteiger partial charge on any atom is -0.497 e. The standard InChI is InChI=1S/C24H21ClN4O4/c1-15-11-17(16(2)29(15)19-6-8-20(32-3)9-7-19)12-18(13-26)24(31)33-14-22(30)28-21-5-4-10-27-23(21)25/h4-12H,14H2,1-3H3,(H,28,30)/b18-12+.